The monoisotopic (exact) mass is 384 g/mol. The summed E-state index contributed by atoms with van der Waals surface area (Å²) in [6, 6.07) is 14.5. The van der Waals surface area contributed by atoms with E-state index >= 15 is 0 Å². The van der Waals surface area contributed by atoms with Crippen molar-refractivity contribution in [3.8, 4) is 0 Å². The van der Waals surface area contributed by atoms with Gasteiger partial charge in [-0.3, -0.25) is 4.79 Å². The van der Waals surface area contributed by atoms with Crippen LogP contribution in [0.15, 0.2) is 64.6 Å². The highest BCUT2D eigenvalue weighted by Gasteiger charge is 2.20. The fourth-order valence-corrected chi connectivity index (χ4v) is 3.06. The number of hydrogen-bond acceptors (Lipinski definition) is 6. The van der Waals surface area contributed by atoms with Crippen LogP contribution in [0.1, 0.15) is 27.9 Å². The van der Waals surface area contributed by atoms with Crippen LogP contribution in [-0.4, -0.2) is 18.0 Å². The molecule has 0 fully saturated rings. The molecular weight excluding hydrogens is 364 g/mol. The summed E-state index contributed by atoms with van der Waals surface area (Å²) in [5, 5.41) is 7.86. The number of hydrogen-bond donors (Lipinski definition) is 2. The van der Waals surface area contributed by atoms with Crippen molar-refractivity contribution < 1.29 is 18.7 Å². The Labute approximate surface area is 161 Å². The maximum absolute atomic E-state index is 12.5. The number of nitrogens with one attached hydrogen (secondary N) is 2. The number of para-hydroxylation sites is 1. The molecule has 0 radical (unpaired) electrons. The predicted octanol–water partition coefficient (Wildman–Crippen LogP) is 3.81. The van der Waals surface area contributed by atoms with Gasteiger partial charge in [-0.2, -0.15) is 0 Å². The molecule has 0 aliphatic carbocycles. The van der Waals surface area contributed by atoms with Gasteiger partial charge in [-0.05, 0) is 42.6 Å². The van der Waals surface area contributed by atoms with Gasteiger partial charge in [-0.15, -0.1) is 11.3 Å². The van der Waals surface area contributed by atoms with Crippen LogP contribution >= 0.6 is 11.3 Å². The lowest BCUT2D eigenvalue weighted by molar-refractivity contribution is -0.129. The van der Waals surface area contributed by atoms with E-state index < -0.39 is 12.1 Å². The quantitative estimate of drug-likeness (QED) is 0.577. The second kappa shape index (κ2) is 9.05. The van der Waals surface area contributed by atoms with E-state index in [-0.39, 0.29) is 5.91 Å². The number of rotatable bonds is 8. The topological polar surface area (TPSA) is 80.6 Å². The van der Waals surface area contributed by atoms with E-state index in [1.54, 1.807) is 48.8 Å². The van der Waals surface area contributed by atoms with E-state index in [0.717, 1.165) is 10.6 Å². The summed E-state index contributed by atoms with van der Waals surface area (Å²) in [4.78, 5) is 25.7. The lowest BCUT2D eigenvalue weighted by Gasteiger charge is -2.15. The first-order valence-electron chi connectivity index (χ1n) is 8.50. The number of amides is 1. The molecule has 0 saturated carbocycles. The van der Waals surface area contributed by atoms with Crippen LogP contribution in [0.2, 0.25) is 0 Å². The van der Waals surface area contributed by atoms with Crippen molar-refractivity contribution in [1.29, 1.82) is 0 Å². The Morgan fingerprint density at radius 2 is 1.96 bits per heavy atom. The molecule has 0 aliphatic rings. The van der Waals surface area contributed by atoms with Gasteiger partial charge in [0.1, 0.15) is 5.76 Å². The summed E-state index contributed by atoms with van der Waals surface area (Å²) in [6.07, 6.45) is 0.698. The molecule has 0 spiro atoms. The lowest BCUT2D eigenvalue weighted by Crippen LogP contribution is -2.35. The smallest absolute Gasteiger partial charge is 0.341 e. The van der Waals surface area contributed by atoms with Crippen molar-refractivity contribution in [3.05, 3.63) is 76.4 Å². The first-order chi connectivity index (χ1) is 13.1. The Morgan fingerprint density at radius 1 is 1.11 bits per heavy atom. The molecule has 2 heterocycles. The number of anilines is 1. The second-order valence-corrected chi connectivity index (χ2v) is 6.86. The van der Waals surface area contributed by atoms with Crippen molar-refractivity contribution in [2.75, 3.05) is 5.32 Å². The van der Waals surface area contributed by atoms with Crippen molar-refractivity contribution in [2.24, 2.45) is 0 Å². The fourth-order valence-electron chi connectivity index (χ4n) is 2.42. The zero-order valence-corrected chi connectivity index (χ0v) is 15.6. The van der Waals surface area contributed by atoms with Crippen molar-refractivity contribution in [2.45, 2.75) is 26.1 Å². The summed E-state index contributed by atoms with van der Waals surface area (Å²) in [6.45, 7) is 2.41. The van der Waals surface area contributed by atoms with Gasteiger partial charge in [0.15, 0.2) is 6.10 Å². The molecule has 0 bridgehead atoms. The molecule has 2 aromatic heterocycles. The Kier molecular flexibility index (Phi) is 6.27. The van der Waals surface area contributed by atoms with Gasteiger partial charge in [0, 0.05) is 10.6 Å². The highest BCUT2D eigenvalue weighted by molar-refractivity contribution is 7.09. The molecule has 3 aromatic rings. The number of thiophene rings is 1. The maximum Gasteiger partial charge on any atom is 0.341 e. The molecule has 0 saturated heterocycles. The highest BCUT2D eigenvalue weighted by atomic mass is 32.1. The standard InChI is InChI=1S/C20H20N2O4S/c1-14(19(23)22-13-16-7-5-11-27-16)26-20(24)17-8-2-3-9-18(17)21-12-15-6-4-10-25-15/h2-11,14,21H,12-13H2,1H3,(H,22,23). The Bertz CT molecular complexity index is 875. The number of ether oxygens (including phenoxy) is 1. The Balaban J connectivity index is 1.57. The molecule has 140 valence electrons. The van der Waals surface area contributed by atoms with Gasteiger partial charge in [-0.25, -0.2) is 4.79 Å². The van der Waals surface area contributed by atoms with E-state index in [0.29, 0.717) is 24.3 Å². The molecule has 7 heteroatoms. The first kappa shape index (κ1) is 18.7. The van der Waals surface area contributed by atoms with E-state index in [1.165, 1.54) is 0 Å². The highest BCUT2D eigenvalue weighted by Crippen LogP contribution is 2.18. The van der Waals surface area contributed by atoms with Gasteiger partial charge in [-0.1, -0.05) is 18.2 Å². The third-order valence-corrected chi connectivity index (χ3v) is 4.73. The molecule has 6 nitrogen and oxygen atoms in total. The van der Waals surface area contributed by atoms with Gasteiger partial charge < -0.3 is 19.8 Å². The molecule has 1 amide bonds. The molecular formula is C20H20N2O4S. The molecule has 1 aromatic carbocycles. The average molecular weight is 384 g/mol. The van der Waals surface area contributed by atoms with Crippen molar-refractivity contribution in [1.82, 2.24) is 5.32 Å². The minimum Gasteiger partial charge on any atom is -0.467 e. The van der Waals surface area contributed by atoms with Crippen molar-refractivity contribution in [3.63, 3.8) is 0 Å². The van der Waals surface area contributed by atoms with Crippen LogP contribution in [-0.2, 0) is 22.6 Å². The summed E-state index contributed by atoms with van der Waals surface area (Å²) < 4.78 is 10.6. The Hall–Kier alpha value is -3.06. The molecule has 0 aliphatic heterocycles. The van der Waals surface area contributed by atoms with E-state index in [2.05, 4.69) is 10.6 Å². The van der Waals surface area contributed by atoms with Gasteiger partial charge >= 0.3 is 5.97 Å². The molecule has 1 atom stereocenters. The lowest BCUT2D eigenvalue weighted by atomic mass is 10.1. The Morgan fingerprint density at radius 3 is 2.70 bits per heavy atom. The minimum atomic E-state index is -0.893. The van der Waals surface area contributed by atoms with Crippen LogP contribution in [0.25, 0.3) is 0 Å². The van der Waals surface area contributed by atoms with Crippen LogP contribution < -0.4 is 10.6 Å². The fraction of sp³-hybridized carbons (Fsp3) is 0.200. The molecule has 1 unspecified atom stereocenters. The normalized spacial score (nSPS) is 11.6. The third-order valence-electron chi connectivity index (χ3n) is 3.85. The van der Waals surface area contributed by atoms with Crippen LogP contribution in [0.3, 0.4) is 0 Å². The summed E-state index contributed by atoms with van der Waals surface area (Å²) in [5.74, 6) is -0.145. The average Bonchev–Trinajstić information content (AvgIpc) is 3.38. The minimum absolute atomic E-state index is 0.335. The molecule has 2 N–H and O–H groups in total. The first-order valence-corrected chi connectivity index (χ1v) is 9.38. The van der Waals surface area contributed by atoms with Crippen LogP contribution in [0.5, 0.6) is 0 Å². The van der Waals surface area contributed by atoms with Crippen LogP contribution in [0.4, 0.5) is 5.69 Å². The zero-order valence-electron chi connectivity index (χ0n) is 14.8. The molecule has 3 rings (SSSR count). The van der Waals surface area contributed by atoms with Crippen LogP contribution in [0, 0.1) is 0 Å². The summed E-state index contributed by atoms with van der Waals surface area (Å²) in [7, 11) is 0. The second-order valence-electron chi connectivity index (χ2n) is 5.82. The number of carbonyl (C=O) groups is 2. The van der Waals surface area contributed by atoms with E-state index in [1.807, 2.05) is 29.6 Å². The summed E-state index contributed by atoms with van der Waals surface area (Å²) in [5.41, 5.74) is 0.979. The number of esters is 1. The van der Waals surface area contributed by atoms with Gasteiger partial charge in [0.25, 0.3) is 5.91 Å². The van der Waals surface area contributed by atoms with E-state index in [4.69, 9.17) is 9.15 Å². The number of benzene rings is 1. The predicted molar refractivity (Wildman–Crippen MR) is 104 cm³/mol. The molecule has 27 heavy (non-hydrogen) atoms. The van der Waals surface area contributed by atoms with E-state index in [9.17, 15) is 9.59 Å². The maximum atomic E-state index is 12.5. The number of furan rings is 1. The zero-order chi connectivity index (χ0) is 19.1. The van der Waals surface area contributed by atoms with Gasteiger partial charge in [0.05, 0.1) is 24.9 Å². The largest absolute Gasteiger partial charge is 0.467 e. The summed E-state index contributed by atoms with van der Waals surface area (Å²) >= 11 is 1.56. The van der Waals surface area contributed by atoms with Gasteiger partial charge in [0.2, 0.25) is 0 Å². The SMILES string of the molecule is CC(OC(=O)c1ccccc1NCc1ccco1)C(=O)NCc1cccs1. The van der Waals surface area contributed by atoms with Crippen molar-refractivity contribution >= 4 is 28.9 Å². The third kappa shape index (κ3) is 5.21. The number of carbonyl (C=O) groups excluding carboxylic acids is 2.